The van der Waals surface area contributed by atoms with Crippen LogP contribution in [0, 0.1) is 0 Å². The molecular weight excluding hydrogens is 400 g/mol. The predicted molar refractivity (Wildman–Crippen MR) is 107 cm³/mol. The first-order chi connectivity index (χ1) is 13.6. The average Bonchev–Trinajstić information content (AvgIpc) is 2.71. The van der Waals surface area contributed by atoms with E-state index in [1.807, 2.05) is 36.4 Å². The molecule has 4 atom stereocenters. The molecule has 1 aliphatic heterocycles. The highest BCUT2D eigenvalue weighted by molar-refractivity contribution is 7.99. The Hall–Kier alpha value is -2.02. The van der Waals surface area contributed by atoms with Crippen LogP contribution < -0.4 is 0 Å². The lowest BCUT2D eigenvalue weighted by atomic mass is 10.0. The molecule has 3 rings (SSSR count). The summed E-state index contributed by atoms with van der Waals surface area (Å²) in [5, 5.41) is 0. The van der Waals surface area contributed by atoms with Crippen molar-refractivity contribution in [2.45, 2.75) is 42.0 Å². The van der Waals surface area contributed by atoms with E-state index in [9.17, 15) is 9.59 Å². The number of hydrogen-bond acceptors (Lipinski definition) is 6. The molecule has 1 aliphatic rings. The number of carbonyl (C=O) groups excluding carboxylic acids is 2. The summed E-state index contributed by atoms with van der Waals surface area (Å²) in [4.78, 5) is 25.3. The summed E-state index contributed by atoms with van der Waals surface area (Å²) in [6.45, 7) is 1.80. The third kappa shape index (κ3) is 5.50. The molecule has 5 nitrogen and oxygen atoms in total. The Kier molecular flexibility index (Phi) is 7.36. The lowest BCUT2D eigenvalue weighted by Crippen LogP contribution is -2.50. The van der Waals surface area contributed by atoms with Crippen molar-refractivity contribution in [3.63, 3.8) is 0 Å². The van der Waals surface area contributed by atoms with Crippen molar-refractivity contribution in [1.82, 2.24) is 0 Å². The van der Waals surface area contributed by atoms with Crippen LogP contribution in [-0.2, 0) is 19.0 Å². The van der Waals surface area contributed by atoms with Crippen LogP contribution in [0.1, 0.15) is 23.7 Å². The molecule has 0 spiro atoms. The summed E-state index contributed by atoms with van der Waals surface area (Å²) in [5.74, 6) is -1.31. The van der Waals surface area contributed by atoms with Gasteiger partial charge < -0.3 is 14.2 Å². The normalized spacial score (nSPS) is 24.4. The quantitative estimate of drug-likeness (QED) is 0.513. The highest BCUT2D eigenvalue weighted by Crippen LogP contribution is 2.35. The summed E-state index contributed by atoms with van der Waals surface area (Å²) >= 11 is 7.12. The van der Waals surface area contributed by atoms with Crippen LogP contribution >= 0.6 is 23.4 Å². The zero-order valence-electron chi connectivity index (χ0n) is 15.3. The number of alkyl halides is 1. The van der Waals surface area contributed by atoms with Crippen molar-refractivity contribution in [3.05, 3.63) is 66.2 Å². The Morgan fingerprint density at radius 1 is 1.07 bits per heavy atom. The number of rotatable bonds is 6. The van der Waals surface area contributed by atoms with Crippen LogP contribution in [0.3, 0.4) is 0 Å². The number of carbonyl (C=O) groups is 2. The maximum Gasteiger partial charge on any atom is 0.338 e. The van der Waals surface area contributed by atoms with Gasteiger partial charge in [0.15, 0.2) is 6.10 Å². The number of benzene rings is 2. The number of hydrogen-bond donors (Lipinski definition) is 0. The Morgan fingerprint density at radius 2 is 1.71 bits per heavy atom. The zero-order valence-corrected chi connectivity index (χ0v) is 16.9. The van der Waals surface area contributed by atoms with Gasteiger partial charge in [0.2, 0.25) is 0 Å². The van der Waals surface area contributed by atoms with E-state index in [0.717, 1.165) is 4.90 Å². The van der Waals surface area contributed by atoms with Gasteiger partial charge >= 0.3 is 11.9 Å². The summed E-state index contributed by atoms with van der Waals surface area (Å²) in [5.41, 5.74) is 0.202. The summed E-state index contributed by atoms with van der Waals surface area (Å²) in [6, 6.07) is 18.5. The first-order valence-electron chi connectivity index (χ1n) is 8.95. The van der Waals surface area contributed by atoms with E-state index in [2.05, 4.69) is 0 Å². The highest BCUT2D eigenvalue weighted by atomic mass is 35.5. The summed E-state index contributed by atoms with van der Waals surface area (Å²) < 4.78 is 17.2. The van der Waals surface area contributed by atoms with Gasteiger partial charge in [0.1, 0.15) is 17.4 Å². The van der Waals surface area contributed by atoms with Gasteiger partial charge in [0, 0.05) is 11.3 Å². The lowest BCUT2D eigenvalue weighted by molar-refractivity contribution is -0.181. The van der Waals surface area contributed by atoms with Gasteiger partial charge in [-0.15, -0.1) is 11.6 Å². The predicted octanol–water partition coefficient (Wildman–Crippen LogP) is 4.29. The fourth-order valence-electron chi connectivity index (χ4n) is 2.98. The van der Waals surface area contributed by atoms with Crippen molar-refractivity contribution in [1.29, 1.82) is 0 Å². The van der Waals surface area contributed by atoms with Gasteiger partial charge in [-0.25, -0.2) is 4.79 Å². The molecule has 1 fully saturated rings. The molecule has 7 heteroatoms. The third-order valence-corrected chi connectivity index (χ3v) is 5.60. The molecule has 148 valence electrons. The fraction of sp³-hybridized carbons (Fsp3) is 0.333. The van der Waals surface area contributed by atoms with Crippen molar-refractivity contribution >= 4 is 35.3 Å². The summed E-state index contributed by atoms with van der Waals surface area (Å²) in [7, 11) is 0. The van der Waals surface area contributed by atoms with Crippen LogP contribution in [0.25, 0.3) is 0 Å². The molecule has 0 unspecified atom stereocenters. The molecule has 0 amide bonds. The Bertz CT molecular complexity index is 786. The van der Waals surface area contributed by atoms with E-state index in [0.29, 0.717) is 12.0 Å². The lowest BCUT2D eigenvalue weighted by Gasteiger charge is -2.39. The molecule has 1 saturated heterocycles. The first kappa shape index (κ1) is 20.7. The maximum absolute atomic E-state index is 12.5. The molecule has 28 heavy (non-hydrogen) atoms. The number of halogens is 1. The standard InChI is InChI=1S/C21H21ClO5S/c1-14-20(27-18(23)13-22)17(26-21(24)15-8-4-2-5-9-15)12-19(25-14)28-16-10-6-3-7-11-16/h2-11,14,17,19-20H,12-13H2,1H3/t14-,17-,19-,20+/m0/s1. The molecule has 0 radical (unpaired) electrons. The molecular formula is C21H21ClO5S. The van der Waals surface area contributed by atoms with E-state index < -0.39 is 30.3 Å². The van der Waals surface area contributed by atoms with Gasteiger partial charge in [-0.2, -0.15) is 0 Å². The minimum atomic E-state index is -0.716. The fourth-order valence-corrected chi connectivity index (χ4v) is 4.17. The van der Waals surface area contributed by atoms with E-state index in [1.165, 1.54) is 0 Å². The minimum Gasteiger partial charge on any atom is -0.455 e. The van der Waals surface area contributed by atoms with E-state index >= 15 is 0 Å². The largest absolute Gasteiger partial charge is 0.455 e. The van der Waals surface area contributed by atoms with Crippen LogP contribution in [-0.4, -0.2) is 41.6 Å². The SMILES string of the molecule is C[C@@H]1O[C@@H](Sc2ccccc2)C[C@H](OC(=O)c2ccccc2)[C@@H]1OC(=O)CCl. The Balaban J connectivity index is 1.75. The maximum atomic E-state index is 12.5. The van der Waals surface area contributed by atoms with Crippen molar-refractivity contribution in [2.24, 2.45) is 0 Å². The van der Waals surface area contributed by atoms with Crippen molar-refractivity contribution in [3.8, 4) is 0 Å². The van der Waals surface area contributed by atoms with E-state index in [1.54, 1.807) is 43.0 Å². The van der Waals surface area contributed by atoms with Crippen LogP contribution in [0.15, 0.2) is 65.6 Å². The molecule has 1 heterocycles. The third-order valence-electron chi connectivity index (χ3n) is 4.28. The molecule has 2 aromatic carbocycles. The van der Waals surface area contributed by atoms with Crippen molar-refractivity contribution < 1.29 is 23.8 Å². The van der Waals surface area contributed by atoms with E-state index in [4.69, 9.17) is 25.8 Å². The minimum absolute atomic E-state index is 0.239. The molecule has 0 saturated carbocycles. The van der Waals surface area contributed by atoms with Gasteiger partial charge in [0.25, 0.3) is 0 Å². The van der Waals surface area contributed by atoms with Gasteiger partial charge in [-0.3, -0.25) is 4.79 Å². The zero-order chi connectivity index (χ0) is 19.9. The van der Waals surface area contributed by atoms with Crippen molar-refractivity contribution in [2.75, 3.05) is 5.88 Å². The molecule has 2 aromatic rings. The van der Waals surface area contributed by atoms with Gasteiger partial charge in [-0.1, -0.05) is 48.2 Å². The number of ether oxygens (including phenoxy) is 3. The van der Waals surface area contributed by atoms with Gasteiger partial charge in [-0.05, 0) is 31.2 Å². The Morgan fingerprint density at radius 3 is 2.36 bits per heavy atom. The smallest absolute Gasteiger partial charge is 0.338 e. The average molecular weight is 421 g/mol. The molecule has 0 bridgehead atoms. The topological polar surface area (TPSA) is 61.8 Å². The van der Waals surface area contributed by atoms with Crippen LogP contribution in [0.2, 0.25) is 0 Å². The second-order valence-corrected chi connectivity index (χ2v) is 7.84. The van der Waals surface area contributed by atoms with Gasteiger partial charge in [0.05, 0.1) is 11.7 Å². The molecule has 0 N–H and O–H groups in total. The molecule has 0 aliphatic carbocycles. The molecule has 0 aromatic heterocycles. The highest BCUT2D eigenvalue weighted by Gasteiger charge is 2.42. The van der Waals surface area contributed by atoms with Crippen LogP contribution in [0.4, 0.5) is 0 Å². The van der Waals surface area contributed by atoms with Crippen LogP contribution in [0.5, 0.6) is 0 Å². The Labute approximate surface area is 173 Å². The monoisotopic (exact) mass is 420 g/mol. The summed E-state index contributed by atoms with van der Waals surface area (Å²) in [6.07, 6.45) is -1.41. The van der Waals surface area contributed by atoms with E-state index in [-0.39, 0.29) is 11.3 Å². The first-order valence-corrected chi connectivity index (χ1v) is 10.4. The second-order valence-electron chi connectivity index (χ2n) is 6.34. The number of thioether (sulfide) groups is 1. The number of esters is 2. The second kappa shape index (κ2) is 9.96.